The number of rotatable bonds is 5. The van der Waals surface area contributed by atoms with Crippen molar-refractivity contribution in [1.29, 1.82) is 0 Å². The molecule has 0 aliphatic carbocycles. The van der Waals surface area contributed by atoms with E-state index >= 15 is 0 Å². The lowest BCUT2D eigenvalue weighted by Gasteiger charge is -2.30. The molecule has 2 N–H and O–H groups in total. The van der Waals surface area contributed by atoms with E-state index in [-0.39, 0.29) is 6.61 Å². The van der Waals surface area contributed by atoms with Gasteiger partial charge in [0.15, 0.2) is 0 Å². The first kappa shape index (κ1) is 15.5. The Labute approximate surface area is 136 Å². The molecule has 0 radical (unpaired) electrons. The third kappa shape index (κ3) is 4.33. The summed E-state index contributed by atoms with van der Waals surface area (Å²) >= 11 is 6.89. The maximum atomic E-state index is 9.75. The van der Waals surface area contributed by atoms with Gasteiger partial charge in [0.05, 0.1) is 12.1 Å². The molecule has 2 rings (SSSR count). The van der Waals surface area contributed by atoms with E-state index in [0.717, 1.165) is 21.1 Å². The number of nitrogens with one attached hydrogen (secondary N) is 1. The molecule has 2 aromatic rings. The van der Waals surface area contributed by atoms with Gasteiger partial charge >= 0.3 is 0 Å². The van der Waals surface area contributed by atoms with E-state index in [4.69, 9.17) is 0 Å². The van der Waals surface area contributed by atoms with Crippen molar-refractivity contribution in [3.05, 3.63) is 63.0 Å². The number of anilines is 1. The lowest BCUT2D eigenvalue weighted by molar-refractivity contribution is 0.222. The normalized spacial score (nSPS) is 13.8. The van der Waals surface area contributed by atoms with E-state index < -0.39 is 5.54 Å². The van der Waals surface area contributed by atoms with Crippen LogP contribution in [0.4, 0.5) is 5.69 Å². The SMILES string of the molecule is CC(CO)(Cc1ccc(Br)cc1)Nc1cccc(Br)c1. The molecule has 2 aromatic carbocycles. The first-order valence-corrected chi connectivity index (χ1v) is 7.98. The van der Waals surface area contributed by atoms with E-state index in [2.05, 4.69) is 49.3 Å². The zero-order chi connectivity index (χ0) is 14.6. The molecular weight excluding hydrogens is 382 g/mol. The molecule has 0 amide bonds. The van der Waals surface area contributed by atoms with Gasteiger partial charge in [0.1, 0.15) is 0 Å². The minimum Gasteiger partial charge on any atom is -0.394 e. The van der Waals surface area contributed by atoms with E-state index in [1.807, 2.05) is 43.3 Å². The second-order valence-electron chi connectivity index (χ2n) is 5.16. The third-order valence-electron chi connectivity index (χ3n) is 3.13. The molecule has 2 nitrogen and oxygen atoms in total. The van der Waals surface area contributed by atoms with Gasteiger partial charge in [-0.1, -0.05) is 50.1 Å². The summed E-state index contributed by atoms with van der Waals surface area (Å²) in [6.45, 7) is 2.09. The number of hydrogen-bond acceptors (Lipinski definition) is 2. The van der Waals surface area contributed by atoms with Crippen molar-refractivity contribution in [2.24, 2.45) is 0 Å². The minimum absolute atomic E-state index is 0.0651. The molecule has 1 unspecified atom stereocenters. The molecule has 0 fully saturated rings. The zero-order valence-corrected chi connectivity index (χ0v) is 14.4. The summed E-state index contributed by atoms with van der Waals surface area (Å²) in [4.78, 5) is 0. The highest BCUT2D eigenvalue weighted by Crippen LogP contribution is 2.23. The molecule has 0 saturated heterocycles. The maximum Gasteiger partial charge on any atom is 0.0662 e. The van der Waals surface area contributed by atoms with Gasteiger partial charge in [-0.05, 0) is 49.2 Å². The summed E-state index contributed by atoms with van der Waals surface area (Å²) in [7, 11) is 0. The highest BCUT2D eigenvalue weighted by atomic mass is 79.9. The van der Waals surface area contributed by atoms with Gasteiger partial charge < -0.3 is 10.4 Å². The molecule has 1 atom stereocenters. The second kappa shape index (κ2) is 6.74. The molecule has 0 spiro atoms. The van der Waals surface area contributed by atoms with Crippen molar-refractivity contribution >= 4 is 37.5 Å². The summed E-state index contributed by atoms with van der Waals surface area (Å²) < 4.78 is 2.08. The van der Waals surface area contributed by atoms with Crippen molar-refractivity contribution in [3.8, 4) is 0 Å². The van der Waals surface area contributed by atoms with Crippen LogP contribution in [0.15, 0.2) is 57.5 Å². The minimum atomic E-state index is -0.394. The number of hydrogen-bond donors (Lipinski definition) is 2. The number of aliphatic hydroxyl groups is 1. The van der Waals surface area contributed by atoms with Crippen molar-refractivity contribution in [1.82, 2.24) is 0 Å². The van der Waals surface area contributed by atoms with Crippen LogP contribution in [0.2, 0.25) is 0 Å². The van der Waals surface area contributed by atoms with Crippen LogP contribution >= 0.6 is 31.9 Å². The van der Waals surface area contributed by atoms with Gasteiger partial charge in [-0.2, -0.15) is 0 Å². The highest BCUT2D eigenvalue weighted by Gasteiger charge is 2.23. The summed E-state index contributed by atoms with van der Waals surface area (Å²) in [5.41, 5.74) is 1.79. The summed E-state index contributed by atoms with van der Waals surface area (Å²) in [6, 6.07) is 16.1. The fraction of sp³-hybridized carbons (Fsp3) is 0.250. The van der Waals surface area contributed by atoms with Gasteiger partial charge in [-0.25, -0.2) is 0 Å². The fourth-order valence-corrected chi connectivity index (χ4v) is 2.77. The Hall–Kier alpha value is -0.840. The molecule has 0 aromatic heterocycles. The molecule has 4 heteroatoms. The van der Waals surface area contributed by atoms with E-state index in [1.54, 1.807) is 0 Å². The van der Waals surface area contributed by atoms with Crippen LogP contribution in [0.1, 0.15) is 12.5 Å². The molecule has 0 heterocycles. The Morgan fingerprint density at radius 1 is 1.05 bits per heavy atom. The summed E-state index contributed by atoms with van der Waals surface area (Å²) in [5.74, 6) is 0. The van der Waals surface area contributed by atoms with Crippen LogP contribution in [0.3, 0.4) is 0 Å². The monoisotopic (exact) mass is 397 g/mol. The van der Waals surface area contributed by atoms with E-state index in [1.165, 1.54) is 5.56 Å². The van der Waals surface area contributed by atoms with Crippen LogP contribution in [-0.4, -0.2) is 17.3 Å². The predicted octanol–water partition coefficient (Wildman–Crippen LogP) is 4.62. The molecule has 0 saturated carbocycles. The Bertz CT molecular complexity index is 571. The van der Waals surface area contributed by atoms with Crippen LogP contribution in [0.5, 0.6) is 0 Å². The second-order valence-corrected chi connectivity index (χ2v) is 6.99. The number of halogens is 2. The highest BCUT2D eigenvalue weighted by molar-refractivity contribution is 9.10. The maximum absolute atomic E-state index is 9.75. The van der Waals surface area contributed by atoms with Gasteiger partial charge in [-0.3, -0.25) is 0 Å². The molecule has 20 heavy (non-hydrogen) atoms. The van der Waals surface area contributed by atoms with E-state index in [0.29, 0.717) is 0 Å². The lowest BCUT2D eigenvalue weighted by atomic mass is 9.93. The fourth-order valence-electron chi connectivity index (χ4n) is 2.11. The average molecular weight is 399 g/mol. The van der Waals surface area contributed by atoms with Crippen LogP contribution in [0, 0.1) is 0 Å². The van der Waals surface area contributed by atoms with E-state index in [9.17, 15) is 5.11 Å². The standard InChI is InChI=1S/C16H17Br2NO/c1-16(11-20,10-12-5-7-13(17)8-6-12)19-15-4-2-3-14(18)9-15/h2-9,19-20H,10-11H2,1H3. The van der Waals surface area contributed by atoms with Crippen molar-refractivity contribution < 1.29 is 5.11 Å². The number of benzene rings is 2. The van der Waals surface area contributed by atoms with Gasteiger partial charge in [0.2, 0.25) is 0 Å². The Morgan fingerprint density at radius 2 is 1.75 bits per heavy atom. The molecule has 0 aliphatic heterocycles. The quantitative estimate of drug-likeness (QED) is 0.770. The van der Waals surface area contributed by atoms with Gasteiger partial charge in [0, 0.05) is 14.6 Å². The Kier molecular flexibility index (Phi) is 5.24. The summed E-state index contributed by atoms with van der Waals surface area (Å²) in [6.07, 6.45) is 0.753. The van der Waals surface area contributed by atoms with Gasteiger partial charge in [-0.15, -0.1) is 0 Å². The largest absolute Gasteiger partial charge is 0.394 e. The number of aliphatic hydroxyl groups excluding tert-OH is 1. The topological polar surface area (TPSA) is 32.3 Å². The van der Waals surface area contributed by atoms with Crippen molar-refractivity contribution in [2.45, 2.75) is 18.9 Å². The first-order valence-electron chi connectivity index (χ1n) is 6.40. The first-order chi connectivity index (χ1) is 9.50. The smallest absolute Gasteiger partial charge is 0.0662 e. The third-order valence-corrected chi connectivity index (χ3v) is 4.15. The van der Waals surface area contributed by atoms with Crippen molar-refractivity contribution in [3.63, 3.8) is 0 Å². The predicted molar refractivity (Wildman–Crippen MR) is 91.1 cm³/mol. The van der Waals surface area contributed by atoms with Crippen molar-refractivity contribution in [2.75, 3.05) is 11.9 Å². The van der Waals surface area contributed by atoms with Crippen LogP contribution in [-0.2, 0) is 6.42 Å². The molecule has 0 aliphatic rings. The molecular formula is C16H17Br2NO. The lowest BCUT2D eigenvalue weighted by Crippen LogP contribution is -2.41. The van der Waals surface area contributed by atoms with Crippen LogP contribution in [0.25, 0.3) is 0 Å². The Balaban J connectivity index is 2.14. The zero-order valence-electron chi connectivity index (χ0n) is 11.2. The molecule has 106 valence electrons. The average Bonchev–Trinajstić information content (AvgIpc) is 2.41. The van der Waals surface area contributed by atoms with Crippen LogP contribution < -0.4 is 5.32 Å². The van der Waals surface area contributed by atoms with Gasteiger partial charge in [0.25, 0.3) is 0 Å². The Morgan fingerprint density at radius 3 is 2.35 bits per heavy atom. The molecule has 0 bridgehead atoms. The summed E-state index contributed by atoms with van der Waals surface area (Å²) in [5, 5.41) is 13.2.